The molecule has 0 fully saturated rings. The lowest BCUT2D eigenvalue weighted by atomic mass is 10.1. The van der Waals surface area contributed by atoms with Crippen LogP contribution in [0, 0.1) is 5.82 Å². The van der Waals surface area contributed by atoms with Gasteiger partial charge in [-0.3, -0.25) is 4.79 Å². The van der Waals surface area contributed by atoms with Crippen LogP contribution in [0.5, 0.6) is 0 Å². The predicted molar refractivity (Wildman–Crippen MR) is 71.2 cm³/mol. The highest BCUT2D eigenvalue weighted by atomic mass is 79.9. The summed E-state index contributed by atoms with van der Waals surface area (Å²) in [5, 5.41) is 0.144. The molecule has 0 saturated heterocycles. The van der Waals surface area contributed by atoms with Gasteiger partial charge in [-0.15, -0.1) is 0 Å². The molecule has 6 heteroatoms. The van der Waals surface area contributed by atoms with Crippen LogP contribution in [0.25, 0.3) is 0 Å². The molecule has 1 aromatic heterocycles. The molecule has 0 saturated carbocycles. The van der Waals surface area contributed by atoms with E-state index in [1.807, 2.05) is 0 Å². The molecule has 92 valence electrons. The zero-order valence-corrected chi connectivity index (χ0v) is 11.3. The smallest absolute Gasteiger partial charge is 0.217 e. The largest absolute Gasteiger partial charge is 0.398 e. The number of nitrogens with zero attached hydrogens (tertiary/aromatic N) is 1. The standard InChI is InChI=1S/C12H7BrClFN2O/c13-6-3-4-8(16)9(10(6)14)12(18)11-7(15)2-1-5-17-11/h1-5H,16H2. The molecule has 0 atom stereocenters. The second-order valence-electron chi connectivity index (χ2n) is 3.49. The molecule has 0 unspecified atom stereocenters. The highest BCUT2D eigenvalue weighted by Crippen LogP contribution is 2.32. The molecule has 0 aliphatic carbocycles. The van der Waals surface area contributed by atoms with E-state index < -0.39 is 11.6 Å². The number of hydrogen-bond donors (Lipinski definition) is 1. The Morgan fingerprint density at radius 3 is 2.78 bits per heavy atom. The Morgan fingerprint density at radius 2 is 2.11 bits per heavy atom. The maximum atomic E-state index is 13.5. The van der Waals surface area contributed by atoms with Gasteiger partial charge in [-0.25, -0.2) is 9.37 Å². The first kappa shape index (κ1) is 13.0. The third-order valence-corrected chi connectivity index (χ3v) is 3.61. The molecule has 1 heterocycles. The highest BCUT2D eigenvalue weighted by molar-refractivity contribution is 9.10. The second-order valence-corrected chi connectivity index (χ2v) is 4.72. The molecule has 2 N–H and O–H groups in total. The van der Waals surface area contributed by atoms with E-state index in [0.717, 1.165) is 6.07 Å². The van der Waals surface area contributed by atoms with Gasteiger partial charge >= 0.3 is 0 Å². The number of anilines is 1. The lowest BCUT2D eigenvalue weighted by molar-refractivity contribution is 0.103. The fourth-order valence-electron chi connectivity index (χ4n) is 1.47. The zero-order valence-electron chi connectivity index (χ0n) is 8.95. The minimum absolute atomic E-state index is 0.0450. The number of nitrogens with two attached hydrogens (primary N) is 1. The topological polar surface area (TPSA) is 56.0 Å². The Kier molecular flexibility index (Phi) is 3.63. The summed E-state index contributed by atoms with van der Waals surface area (Å²) >= 11 is 9.18. The first-order valence-electron chi connectivity index (χ1n) is 4.91. The van der Waals surface area contributed by atoms with Crippen molar-refractivity contribution in [2.24, 2.45) is 0 Å². The summed E-state index contributed by atoms with van der Waals surface area (Å²) in [6.07, 6.45) is 1.33. The van der Waals surface area contributed by atoms with Crippen LogP contribution >= 0.6 is 27.5 Å². The quantitative estimate of drug-likeness (QED) is 0.678. The Bertz CT molecular complexity index is 633. The predicted octanol–water partition coefficient (Wildman–Crippen LogP) is 3.45. The van der Waals surface area contributed by atoms with Crippen LogP contribution in [0.3, 0.4) is 0 Å². The Balaban J connectivity index is 2.61. The van der Waals surface area contributed by atoms with Gasteiger partial charge < -0.3 is 5.73 Å². The Hall–Kier alpha value is -1.46. The summed E-state index contributed by atoms with van der Waals surface area (Å²) in [5.41, 5.74) is 5.62. The SMILES string of the molecule is Nc1ccc(Br)c(Cl)c1C(=O)c1ncccc1F. The van der Waals surface area contributed by atoms with E-state index in [0.29, 0.717) is 4.47 Å². The number of halogens is 3. The van der Waals surface area contributed by atoms with Crippen LogP contribution in [0.2, 0.25) is 5.02 Å². The molecule has 0 radical (unpaired) electrons. The molecule has 3 nitrogen and oxygen atoms in total. The number of benzene rings is 1. The number of pyridine rings is 1. The molecule has 0 aliphatic rings. The average molecular weight is 330 g/mol. The van der Waals surface area contributed by atoms with Gasteiger partial charge in [0.1, 0.15) is 5.69 Å². The van der Waals surface area contributed by atoms with Crippen LogP contribution in [0.15, 0.2) is 34.9 Å². The minimum atomic E-state index is -0.710. The summed E-state index contributed by atoms with van der Waals surface area (Å²) in [4.78, 5) is 15.9. The van der Waals surface area contributed by atoms with Crippen LogP contribution < -0.4 is 5.73 Å². The summed E-state index contributed by atoms with van der Waals surface area (Å²) < 4.78 is 14.0. The summed E-state index contributed by atoms with van der Waals surface area (Å²) in [6.45, 7) is 0. The van der Waals surface area contributed by atoms with Crippen molar-refractivity contribution < 1.29 is 9.18 Å². The van der Waals surface area contributed by atoms with Crippen LogP contribution in [-0.4, -0.2) is 10.8 Å². The van der Waals surface area contributed by atoms with Gasteiger partial charge in [0.15, 0.2) is 5.82 Å². The van der Waals surface area contributed by atoms with Gasteiger partial charge in [-0.2, -0.15) is 0 Å². The maximum absolute atomic E-state index is 13.5. The highest BCUT2D eigenvalue weighted by Gasteiger charge is 2.21. The van der Waals surface area contributed by atoms with Crippen molar-refractivity contribution in [3.05, 3.63) is 57.0 Å². The molecule has 1 aromatic carbocycles. The van der Waals surface area contributed by atoms with Gasteiger partial charge in [0.2, 0.25) is 5.78 Å². The zero-order chi connectivity index (χ0) is 13.3. The van der Waals surface area contributed by atoms with Crippen molar-refractivity contribution >= 4 is 39.0 Å². The van der Waals surface area contributed by atoms with Crippen molar-refractivity contribution in [2.75, 3.05) is 5.73 Å². The van der Waals surface area contributed by atoms with Gasteiger partial charge in [0, 0.05) is 16.4 Å². The molecular formula is C12H7BrClFN2O. The fourth-order valence-corrected chi connectivity index (χ4v) is 2.06. The van der Waals surface area contributed by atoms with Crippen molar-refractivity contribution in [3.63, 3.8) is 0 Å². The van der Waals surface area contributed by atoms with Gasteiger partial charge in [-0.05, 0) is 40.2 Å². The van der Waals surface area contributed by atoms with Gasteiger partial charge in [0.05, 0.1) is 10.6 Å². The second kappa shape index (κ2) is 5.04. The van der Waals surface area contributed by atoms with Crippen molar-refractivity contribution in [2.45, 2.75) is 0 Å². The van der Waals surface area contributed by atoms with E-state index in [9.17, 15) is 9.18 Å². The summed E-state index contributed by atoms with van der Waals surface area (Å²) in [7, 11) is 0. The number of carbonyl (C=O) groups excluding carboxylic acids is 1. The molecule has 2 aromatic rings. The lowest BCUT2D eigenvalue weighted by Crippen LogP contribution is -2.10. The maximum Gasteiger partial charge on any atom is 0.217 e. The molecule has 0 amide bonds. The number of carbonyl (C=O) groups is 1. The van der Waals surface area contributed by atoms with Crippen molar-refractivity contribution in [1.29, 1.82) is 0 Å². The summed E-state index contributed by atoms with van der Waals surface area (Å²) in [5.74, 6) is -1.35. The van der Waals surface area contributed by atoms with E-state index in [1.54, 1.807) is 6.07 Å². The fraction of sp³-hybridized carbons (Fsp3) is 0. The molecular weight excluding hydrogens is 323 g/mol. The first-order chi connectivity index (χ1) is 8.52. The number of rotatable bonds is 2. The number of hydrogen-bond acceptors (Lipinski definition) is 3. The Morgan fingerprint density at radius 1 is 1.39 bits per heavy atom. The Labute approximate surface area is 116 Å². The van der Waals surface area contributed by atoms with Crippen LogP contribution in [0.1, 0.15) is 16.1 Å². The number of nitrogen functional groups attached to an aromatic ring is 1. The average Bonchev–Trinajstić information content (AvgIpc) is 2.35. The first-order valence-corrected chi connectivity index (χ1v) is 6.08. The van der Waals surface area contributed by atoms with E-state index in [2.05, 4.69) is 20.9 Å². The van der Waals surface area contributed by atoms with Gasteiger partial charge in [0.25, 0.3) is 0 Å². The molecule has 0 aliphatic heterocycles. The molecule has 0 bridgehead atoms. The van der Waals surface area contributed by atoms with E-state index in [4.69, 9.17) is 17.3 Å². The summed E-state index contributed by atoms with van der Waals surface area (Å²) in [6, 6.07) is 5.69. The van der Waals surface area contributed by atoms with E-state index in [-0.39, 0.29) is 22.0 Å². The van der Waals surface area contributed by atoms with Gasteiger partial charge in [-0.1, -0.05) is 11.6 Å². The molecule has 2 rings (SSSR count). The lowest BCUT2D eigenvalue weighted by Gasteiger charge is -2.08. The molecule has 18 heavy (non-hydrogen) atoms. The monoisotopic (exact) mass is 328 g/mol. The van der Waals surface area contributed by atoms with Crippen molar-refractivity contribution in [3.8, 4) is 0 Å². The normalized spacial score (nSPS) is 10.4. The third kappa shape index (κ3) is 2.23. The minimum Gasteiger partial charge on any atom is -0.398 e. The third-order valence-electron chi connectivity index (χ3n) is 2.33. The van der Waals surface area contributed by atoms with E-state index in [1.165, 1.54) is 18.3 Å². The van der Waals surface area contributed by atoms with Crippen LogP contribution in [-0.2, 0) is 0 Å². The molecule has 0 spiro atoms. The van der Waals surface area contributed by atoms with Crippen molar-refractivity contribution in [1.82, 2.24) is 4.98 Å². The van der Waals surface area contributed by atoms with E-state index >= 15 is 0 Å². The van der Waals surface area contributed by atoms with Crippen LogP contribution in [0.4, 0.5) is 10.1 Å². The number of aromatic nitrogens is 1. The number of ketones is 1.